The van der Waals surface area contributed by atoms with Crippen molar-refractivity contribution in [3.8, 4) is 0 Å². The van der Waals surface area contributed by atoms with Crippen molar-refractivity contribution < 1.29 is 17.2 Å². The minimum Gasteiger partial charge on any atom is -0.248 e. The Morgan fingerprint density at radius 2 is 2.00 bits per heavy atom. The molecule has 1 heterocycles. The molecule has 2 aromatic rings. The summed E-state index contributed by atoms with van der Waals surface area (Å²) in [6.07, 6.45) is 1.56. The van der Waals surface area contributed by atoms with Gasteiger partial charge in [0.05, 0.1) is 24.1 Å². The molecule has 0 bridgehead atoms. The van der Waals surface area contributed by atoms with Crippen molar-refractivity contribution in [3.05, 3.63) is 52.5 Å². The number of aromatic nitrogens is 1. The van der Waals surface area contributed by atoms with Gasteiger partial charge in [-0.3, -0.25) is 0 Å². The monoisotopic (exact) mass is 344 g/mol. The van der Waals surface area contributed by atoms with Crippen LogP contribution < -0.4 is 4.72 Å². The maximum absolute atomic E-state index is 13.9. The lowest BCUT2D eigenvalue weighted by Gasteiger charge is -2.04. The molecule has 2 atom stereocenters. The van der Waals surface area contributed by atoms with Crippen molar-refractivity contribution in [3.63, 3.8) is 0 Å². The van der Waals surface area contributed by atoms with Gasteiger partial charge in [-0.05, 0) is 5.56 Å². The summed E-state index contributed by atoms with van der Waals surface area (Å²) >= 11 is 1.31. The molecule has 8 heteroatoms. The van der Waals surface area contributed by atoms with Crippen LogP contribution in [0.4, 0.5) is 8.78 Å². The quantitative estimate of drug-likeness (QED) is 0.876. The standard InChI is InChI=1S/C14H14F2N2O2S2/c15-14(16)11(13(14)10-4-2-1-3-5-10)9-22(19,20)18-8-12-17-6-7-21-12/h1-7,11,13,18H,8-9H2/t11-,13-/m0/s1. The van der Waals surface area contributed by atoms with Gasteiger partial charge in [0.1, 0.15) is 5.01 Å². The number of nitrogens with one attached hydrogen (secondary N) is 1. The fourth-order valence-electron chi connectivity index (χ4n) is 2.52. The van der Waals surface area contributed by atoms with Crippen LogP contribution in [0, 0.1) is 5.92 Å². The molecule has 22 heavy (non-hydrogen) atoms. The van der Waals surface area contributed by atoms with Crippen LogP contribution >= 0.6 is 11.3 Å². The van der Waals surface area contributed by atoms with Crippen LogP contribution in [0.1, 0.15) is 16.5 Å². The molecule has 0 unspecified atom stereocenters. The Balaban J connectivity index is 1.65. The molecule has 0 radical (unpaired) electrons. The Labute approximate surface area is 131 Å². The number of thiazole rings is 1. The van der Waals surface area contributed by atoms with Crippen molar-refractivity contribution >= 4 is 21.4 Å². The minimum atomic E-state index is -3.77. The van der Waals surface area contributed by atoms with Crippen molar-refractivity contribution in [2.24, 2.45) is 5.92 Å². The second-order valence-corrected chi connectivity index (χ2v) is 8.03. The van der Waals surface area contributed by atoms with Crippen LogP contribution in [0.15, 0.2) is 41.9 Å². The van der Waals surface area contributed by atoms with E-state index >= 15 is 0 Å². The molecule has 0 saturated heterocycles. The Morgan fingerprint density at radius 1 is 1.27 bits per heavy atom. The molecule has 0 amide bonds. The molecule has 1 saturated carbocycles. The van der Waals surface area contributed by atoms with E-state index in [1.807, 2.05) is 0 Å². The first-order chi connectivity index (χ1) is 10.4. The van der Waals surface area contributed by atoms with E-state index in [4.69, 9.17) is 0 Å². The van der Waals surface area contributed by atoms with Crippen LogP contribution in [-0.2, 0) is 16.6 Å². The minimum absolute atomic E-state index is 0.0360. The lowest BCUT2D eigenvalue weighted by molar-refractivity contribution is 0.0967. The lowest BCUT2D eigenvalue weighted by Crippen LogP contribution is -2.27. The molecule has 4 nitrogen and oxygen atoms in total. The van der Waals surface area contributed by atoms with E-state index in [-0.39, 0.29) is 6.54 Å². The maximum Gasteiger partial charge on any atom is 0.260 e. The first-order valence-corrected chi connectivity index (χ1v) is 9.22. The number of alkyl halides is 2. The third-order valence-corrected chi connectivity index (χ3v) is 5.85. The van der Waals surface area contributed by atoms with Gasteiger partial charge in [-0.25, -0.2) is 26.9 Å². The number of hydrogen-bond acceptors (Lipinski definition) is 4. The molecule has 118 valence electrons. The zero-order valence-corrected chi connectivity index (χ0v) is 13.1. The summed E-state index contributed by atoms with van der Waals surface area (Å²) < 4.78 is 54.1. The van der Waals surface area contributed by atoms with E-state index in [9.17, 15) is 17.2 Å². The van der Waals surface area contributed by atoms with E-state index in [1.165, 1.54) is 11.3 Å². The van der Waals surface area contributed by atoms with Gasteiger partial charge in [0.15, 0.2) is 0 Å². The topological polar surface area (TPSA) is 59.1 Å². The van der Waals surface area contributed by atoms with Gasteiger partial charge in [-0.2, -0.15) is 0 Å². The molecular formula is C14H14F2N2O2S2. The van der Waals surface area contributed by atoms with Crippen LogP contribution in [-0.4, -0.2) is 25.1 Å². The number of rotatable bonds is 6. The second kappa shape index (κ2) is 5.68. The average molecular weight is 344 g/mol. The van der Waals surface area contributed by atoms with Crippen molar-refractivity contribution in [2.45, 2.75) is 18.4 Å². The van der Waals surface area contributed by atoms with E-state index < -0.39 is 33.5 Å². The summed E-state index contributed by atoms with van der Waals surface area (Å²) in [6, 6.07) is 8.31. The third kappa shape index (κ3) is 3.18. The zero-order valence-electron chi connectivity index (χ0n) is 11.4. The van der Waals surface area contributed by atoms with Crippen LogP contribution in [0.2, 0.25) is 0 Å². The van der Waals surface area contributed by atoms with Gasteiger partial charge in [0.2, 0.25) is 10.0 Å². The fourth-order valence-corrected chi connectivity index (χ4v) is 4.53. The molecular weight excluding hydrogens is 330 g/mol. The van der Waals surface area contributed by atoms with Gasteiger partial charge < -0.3 is 0 Å². The first kappa shape index (κ1) is 15.5. The zero-order chi connectivity index (χ0) is 15.8. The molecule has 1 aliphatic rings. The largest absolute Gasteiger partial charge is 0.260 e. The van der Waals surface area contributed by atoms with Crippen molar-refractivity contribution in [1.82, 2.24) is 9.71 Å². The normalized spacial score (nSPS) is 23.4. The van der Waals surface area contributed by atoms with E-state index in [2.05, 4.69) is 9.71 Å². The number of nitrogens with zero attached hydrogens (tertiary/aromatic N) is 1. The van der Waals surface area contributed by atoms with Crippen LogP contribution in [0.25, 0.3) is 0 Å². The Morgan fingerprint density at radius 3 is 2.64 bits per heavy atom. The smallest absolute Gasteiger partial charge is 0.248 e. The number of sulfonamides is 1. The predicted molar refractivity (Wildman–Crippen MR) is 80.4 cm³/mol. The van der Waals surface area contributed by atoms with Gasteiger partial charge in [0.25, 0.3) is 5.92 Å². The summed E-state index contributed by atoms with van der Waals surface area (Å²) in [4.78, 5) is 3.95. The molecule has 1 aromatic carbocycles. The summed E-state index contributed by atoms with van der Waals surface area (Å²) in [7, 11) is -3.77. The number of halogens is 2. The summed E-state index contributed by atoms with van der Waals surface area (Å²) in [5.41, 5.74) is 0.479. The molecule has 3 rings (SSSR count). The first-order valence-electron chi connectivity index (χ1n) is 6.68. The van der Waals surface area contributed by atoms with Crippen molar-refractivity contribution in [2.75, 3.05) is 5.75 Å². The second-order valence-electron chi connectivity index (χ2n) is 5.20. The summed E-state index contributed by atoms with van der Waals surface area (Å²) in [5, 5.41) is 2.33. The molecule has 1 fully saturated rings. The summed E-state index contributed by atoms with van der Waals surface area (Å²) in [6.45, 7) is 0.0360. The van der Waals surface area contributed by atoms with Crippen LogP contribution in [0.5, 0.6) is 0 Å². The summed E-state index contributed by atoms with van der Waals surface area (Å²) in [5.74, 6) is -5.75. The predicted octanol–water partition coefficient (Wildman–Crippen LogP) is 2.61. The van der Waals surface area contributed by atoms with E-state index in [0.29, 0.717) is 10.6 Å². The Hall–Kier alpha value is -1.38. The molecule has 0 aliphatic heterocycles. The highest BCUT2D eigenvalue weighted by atomic mass is 32.2. The highest BCUT2D eigenvalue weighted by Gasteiger charge is 2.69. The Bertz CT molecular complexity index is 733. The number of benzene rings is 1. The molecule has 1 N–H and O–H groups in total. The van der Waals surface area contributed by atoms with E-state index in [1.54, 1.807) is 41.9 Å². The fraction of sp³-hybridized carbons (Fsp3) is 0.357. The highest BCUT2D eigenvalue weighted by Crippen LogP contribution is 2.61. The molecule has 0 spiro atoms. The van der Waals surface area contributed by atoms with Gasteiger partial charge >= 0.3 is 0 Å². The van der Waals surface area contributed by atoms with Crippen molar-refractivity contribution in [1.29, 1.82) is 0 Å². The molecule has 1 aromatic heterocycles. The maximum atomic E-state index is 13.9. The average Bonchev–Trinajstić information content (AvgIpc) is 2.84. The Kier molecular flexibility index (Phi) is 4.00. The number of hydrogen-bond donors (Lipinski definition) is 1. The molecule has 1 aliphatic carbocycles. The highest BCUT2D eigenvalue weighted by molar-refractivity contribution is 7.89. The lowest BCUT2D eigenvalue weighted by atomic mass is 10.1. The van der Waals surface area contributed by atoms with Gasteiger partial charge in [-0.15, -0.1) is 11.3 Å². The third-order valence-electron chi connectivity index (χ3n) is 3.69. The van der Waals surface area contributed by atoms with Gasteiger partial charge in [-0.1, -0.05) is 30.3 Å². The van der Waals surface area contributed by atoms with Gasteiger partial charge in [0, 0.05) is 11.6 Å². The van der Waals surface area contributed by atoms with E-state index in [0.717, 1.165) is 0 Å². The van der Waals surface area contributed by atoms with Crippen LogP contribution in [0.3, 0.4) is 0 Å². The SMILES string of the molecule is O=S(=O)(C[C@H]1[C@H](c2ccccc2)C1(F)F)NCc1nccs1.